The average molecular weight is 367 g/mol. The molecule has 0 aliphatic heterocycles. The zero-order valence-corrected chi connectivity index (χ0v) is 16.7. The van der Waals surface area contributed by atoms with Crippen molar-refractivity contribution in [1.82, 2.24) is 0 Å². The summed E-state index contributed by atoms with van der Waals surface area (Å²) in [6.45, 7) is 3.55. The minimum Gasteiger partial charge on any atom is -0.504 e. The number of phenols is 1. The van der Waals surface area contributed by atoms with Crippen LogP contribution in [0.5, 0.6) is 11.5 Å². The highest BCUT2D eigenvalue weighted by atomic mass is 16.5. The predicted octanol–water partition coefficient (Wildman–Crippen LogP) is 5.24. The van der Waals surface area contributed by atoms with Gasteiger partial charge >= 0.3 is 0 Å². The number of benzene rings is 1. The molecule has 26 heavy (non-hydrogen) atoms. The molecule has 0 heterocycles. The van der Waals surface area contributed by atoms with Crippen molar-refractivity contribution in [3.8, 4) is 11.5 Å². The van der Waals surface area contributed by atoms with E-state index in [-0.39, 0.29) is 11.9 Å². The number of hydrogen-bond acceptors (Lipinski definition) is 4. The van der Waals surface area contributed by atoms with Crippen LogP contribution in [0, 0.1) is 0 Å². The molecule has 0 aromatic heterocycles. The number of aliphatic hydroxyl groups excluding tert-OH is 1. The molecule has 4 nitrogen and oxygen atoms in total. The van der Waals surface area contributed by atoms with Gasteiger partial charge < -0.3 is 19.7 Å². The number of phenolic OH excluding ortho intramolecular Hbond substituents is 1. The van der Waals surface area contributed by atoms with E-state index >= 15 is 0 Å². The fourth-order valence-corrected chi connectivity index (χ4v) is 3.06. The molecule has 0 amide bonds. The Morgan fingerprint density at radius 1 is 0.923 bits per heavy atom. The van der Waals surface area contributed by atoms with Gasteiger partial charge in [-0.3, -0.25) is 0 Å². The summed E-state index contributed by atoms with van der Waals surface area (Å²) in [7, 11) is 1.56. The molecule has 1 unspecified atom stereocenters. The van der Waals surface area contributed by atoms with Crippen LogP contribution in [0.1, 0.15) is 76.7 Å². The summed E-state index contributed by atoms with van der Waals surface area (Å²) in [4.78, 5) is 0. The molecule has 1 atom stereocenters. The molecular weight excluding hydrogens is 328 g/mol. The van der Waals surface area contributed by atoms with Crippen molar-refractivity contribution < 1.29 is 19.7 Å². The Balaban J connectivity index is 1.96. The summed E-state index contributed by atoms with van der Waals surface area (Å²) in [5.74, 6) is 0.680. The van der Waals surface area contributed by atoms with Gasteiger partial charge in [-0.05, 0) is 43.4 Å². The Bertz CT molecular complexity index is 461. The second-order valence-electron chi connectivity index (χ2n) is 7.07. The Kier molecular flexibility index (Phi) is 13.0. The molecule has 1 aromatic rings. The van der Waals surface area contributed by atoms with Gasteiger partial charge in [-0.25, -0.2) is 0 Å². The molecule has 0 aliphatic rings. The first-order chi connectivity index (χ1) is 12.7. The molecule has 0 aliphatic carbocycles. The average Bonchev–Trinajstić information content (AvgIpc) is 2.65. The third-order valence-electron chi connectivity index (χ3n) is 4.73. The summed E-state index contributed by atoms with van der Waals surface area (Å²) >= 11 is 0. The van der Waals surface area contributed by atoms with E-state index in [2.05, 4.69) is 6.92 Å². The summed E-state index contributed by atoms with van der Waals surface area (Å²) < 4.78 is 10.7. The topological polar surface area (TPSA) is 58.9 Å². The van der Waals surface area contributed by atoms with Gasteiger partial charge in [-0.2, -0.15) is 0 Å². The summed E-state index contributed by atoms with van der Waals surface area (Å²) in [6, 6.07) is 5.43. The van der Waals surface area contributed by atoms with E-state index in [9.17, 15) is 10.2 Å². The molecule has 0 saturated carbocycles. The van der Waals surface area contributed by atoms with Gasteiger partial charge in [-0.15, -0.1) is 0 Å². The van der Waals surface area contributed by atoms with E-state index in [1.54, 1.807) is 13.2 Å². The highest BCUT2D eigenvalue weighted by Gasteiger charge is 2.05. The fraction of sp³-hybridized carbons (Fsp3) is 0.727. The van der Waals surface area contributed by atoms with E-state index < -0.39 is 0 Å². The van der Waals surface area contributed by atoms with E-state index in [0.717, 1.165) is 37.7 Å². The van der Waals surface area contributed by atoms with Crippen molar-refractivity contribution in [3.63, 3.8) is 0 Å². The zero-order valence-electron chi connectivity index (χ0n) is 16.7. The van der Waals surface area contributed by atoms with Crippen LogP contribution in [-0.4, -0.2) is 36.6 Å². The molecule has 1 aromatic carbocycles. The van der Waals surface area contributed by atoms with Gasteiger partial charge in [0.1, 0.15) is 0 Å². The van der Waals surface area contributed by atoms with Crippen molar-refractivity contribution >= 4 is 0 Å². The maximum absolute atomic E-state index is 9.99. The standard InChI is InChI=1S/C22H38O4/c1-3-4-5-6-7-8-9-12-20(23)15-17-26-16-10-11-19-13-14-21(24)22(18-19)25-2/h13-14,18,20,23-24H,3-12,15-17H2,1-2H3. The molecule has 0 radical (unpaired) electrons. The second-order valence-corrected chi connectivity index (χ2v) is 7.07. The molecular formula is C22H38O4. The Hall–Kier alpha value is -1.26. The number of hydrogen-bond donors (Lipinski definition) is 2. The molecule has 0 saturated heterocycles. The Morgan fingerprint density at radius 2 is 1.65 bits per heavy atom. The maximum Gasteiger partial charge on any atom is 0.160 e. The lowest BCUT2D eigenvalue weighted by molar-refractivity contribution is 0.0758. The number of aryl methyl sites for hydroxylation is 1. The van der Waals surface area contributed by atoms with Crippen LogP contribution >= 0.6 is 0 Å². The van der Waals surface area contributed by atoms with Crippen LogP contribution in [0.2, 0.25) is 0 Å². The van der Waals surface area contributed by atoms with Gasteiger partial charge in [0, 0.05) is 13.2 Å². The molecule has 0 bridgehead atoms. The minimum absolute atomic E-state index is 0.169. The number of unbranched alkanes of at least 4 members (excludes halogenated alkanes) is 6. The summed E-state index contributed by atoms with van der Waals surface area (Å²) in [6.07, 6.45) is 12.2. The lowest BCUT2D eigenvalue weighted by Crippen LogP contribution is -2.11. The summed E-state index contributed by atoms with van der Waals surface area (Å²) in [5, 5.41) is 19.6. The third kappa shape index (κ3) is 10.7. The number of methoxy groups -OCH3 is 1. The molecule has 150 valence electrons. The fourth-order valence-electron chi connectivity index (χ4n) is 3.06. The van der Waals surface area contributed by atoms with Crippen molar-refractivity contribution in [2.75, 3.05) is 20.3 Å². The van der Waals surface area contributed by atoms with Crippen LogP contribution in [0.3, 0.4) is 0 Å². The first kappa shape index (κ1) is 22.8. The number of aromatic hydroxyl groups is 1. The third-order valence-corrected chi connectivity index (χ3v) is 4.73. The molecule has 1 rings (SSSR count). The lowest BCUT2D eigenvalue weighted by Gasteiger charge is -2.11. The summed E-state index contributed by atoms with van der Waals surface area (Å²) in [5.41, 5.74) is 1.13. The van der Waals surface area contributed by atoms with Crippen LogP contribution in [-0.2, 0) is 11.2 Å². The van der Waals surface area contributed by atoms with Gasteiger partial charge in [-0.1, -0.05) is 57.9 Å². The van der Waals surface area contributed by atoms with Crippen molar-refractivity contribution in [2.45, 2.75) is 83.7 Å². The van der Waals surface area contributed by atoms with Crippen molar-refractivity contribution in [3.05, 3.63) is 23.8 Å². The highest BCUT2D eigenvalue weighted by molar-refractivity contribution is 5.41. The monoisotopic (exact) mass is 366 g/mol. The van der Waals surface area contributed by atoms with E-state index in [1.807, 2.05) is 12.1 Å². The first-order valence-electron chi connectivity index (χ1n) is 10.3. The normalized spacial score (nSPS) is 12.3. The smallest absolute Gasteiger partial charge is 0.160 e. The highest BCUT2D eigenvalue weighted by Crippen LogP contribution is 2.26. The Morgan fingerprint density at radius 3 is 2.38 bits per heavy atom. The molecule has 0 spiro atoms. The maximum atomic E-state index is 9.99. The minimum atomic E-state index is -0.230. The van der Waals surface area contributed by atoms with Gasteiger partial charge in [0.25, 0.3) is 0 Å². The van der Waals surface area contributed by atoms with Crippen molar-refractivity contribution in [2.24, 2.45) is 0 Å². The predicted molar refractivity (Wildman–Crippen MR) is 107 cm³/mol. The molecule has 0 fully saturated rings. The van der Waals surface area contributed by atoms with Gasteiger partial charge in [0.2, 0.25) is 0 Å². The molecule has 2 N–H and O–H groups in total. The quantitative estimate of drug-likeness (QED) is 0.393. The zero-order chi connectivity index (χ0) is 19.0. The Labute approximate surface area is 159 Å². The van der Waals surface area contributed by atoms with Crippen LogP contribution in [0.25, 0.3) is 0 Å². The first-order valence-corrected chi connectivity index (χ1v) is 10.3. The van der Waals surface area contributed by atoms with E-state index in [4.69, 9.17) is 9.47 Å². The van der Waals surface area contributed by atoms with Gasteiger partial charge in [0.05, 0.1) is 13.2 Å². The number of rotatable bonds is 16. The van der Waals surface area contributed by atoms with Crippen LogP contribution < -0.4 is 4.74 Å². The second kappa shape index (κ2) is 14.9. The van der Waals surface area contributed by atoms with Crippen molar-refractivity contribution in [1.29, 1.82) is 0 Å². The SMILES string of the molecule is CCCCCCCCCC(O)CCOCCCc1ccc(O)c(OC)c1. The van der Waals surface area contributed by atoms with Crippen LogP contribution in [0.4, 0.5) is 0 Å². The van der Waals surface area contributed by atoms with E-state index in [0.29, 0.717) is 19.0 Å². The lowest BCUT2D eigenvalue weighted by atomic mass is 10.1. The molecule has 4 heteroatoms. The number of aliphatic hydroxyl groups is 1. The number of ether oxygens (including phenoxy) is 2. The van der Waals surface area contributed by atoms with E-state index in [1.165, 1.54) is 38.5 Å². The van der Waals surface area contributed by atoms with Gasteiger partial charge in [0.15, 0.2) is 11.5 Å². The largest absolute Gasteiger partial charge is 0.504 e. The van der Waals surface area contributed by atoms with Crippen LogP contribution in [0.15, 0.2) is 18.2 Å².